The number of halogens is 2. The zero-order valence-electron chi connectivity index (χ0n) is 12.1. The first-order valence-electron chi connectivity index (χ1n) is 6.83. The van der Waals surface area contributed by atoms with Gasteiger partial charge in [-0.05, 0) is 25.1 Å². The second-order valence-electron chi connectivity index (χ2n) is 4.85. The number of anilines is 1. The number of hydrogen-bond acceptors (Lipinski definition) is 3. The third-order valence-electron chi connectivity index (χ3n) is 3.26. The van der Waals surface area contributed by atoms with Gasteiger partial charge in [0.25, 0.3) is 5.91 Å². The standard InChI is InChI=1S/C17H12ClFN2OS/c1-10-20-15(9-23-10)11-5-2-3-8-14(11)21-17(22)16-12(18)6-4-7-13(16)19/h2-9H,1H3,(H,21,22). The molecule has 6 heteroatoms. The van der Waals surface area contributed by atoms with Crippen LogP contribution in [0.3, 0.4) is 0 Å². The zero-order valence-corrected chi connectivity index (χ0v) is 13.7. The number of carbonyl (C=O) groups is 1. The van der Waals surface area contributed by atoms with Crippen molar-refractivity contribution in [2.75, 3.05) is 5.32 Å². The van der Waals surface area contributed by atoms with E-state index in [2.05, 4.69) is 10.3 Å². The van der Waals surface area contributed by atoms with E-state index in [4.69, 9.17) is 11.6 Å². The summed E-state index contributed by atoms with van der Waals surface area (Å²) in [6.07, 6.45) is 0. The predicted molar refractivity (Wildman–Crippen MR) is 91.7 cm³/mol. The normalized spacial score (nSPS) is 10.6. The Balaban J connectivity index is 1.96. The fourth-order valence-corrected chi connectivity index (χ4v) is 3.06. The highest BCUT2D eigenvalue weighted by molar-refractivity contribution is 7.09. The number of hydrogen-bond donors (Lipinski definition) is 1. The molecule has 1 aromatic heterocycles. The summed E-state index contributed by atoms with van der Waals surface area (Å²) in [7, 11) is 0. The molecule has 23 heavy (non-hydrogen) atoms. The van der Waals surface area contributed by atoms with E-state index in [-0.39, 0.29) is 10.6 Å². The van der Waals surface area contributed by atoms with Crippen molar-refractivity contribution in [3.8, 4) is 11.3 Å². The average molecular weight is 347 g/mol. The molecule has 0 aliphatic rings. The Labute approximate surface area is 141 Å². The van der Waals surface area contributed by atoms with E-state index in [0.717, 1.165) is 16.3 Å². The van der Waals surface area contributed by atoms with Gasteiger partial charge in [0.05, 0.1) is 27.0 Å². The molecule has 1 N–H and O–H groups in total. The monoisotopic (exact) mass is 346 g/mol. The molecule has 0 saturated carbocycles. The number of nitrogens with zero attached hydrogens (tertiary/aromatic N) is 1. The summed E-state index contributed by atoms with van der Waals surface area (Å²) in [4.78, 5) is 16.8. The molecule has 1 heterocycles. The molecule has 3 nitrogen and oxygen atoms in total. The molecule has 0 unspecified atom stereocenters. The van der Waals surface area contributed by atoms with Crippen LogP contribution in [0.1, 0.15) is 15.4 Å². The van der Waals surface area contributed by atoms with Crippen molar-refractivity contribution in [2.24, 2.45) is 0 Å². The molecule has 1 amide bonds. The van der Waals surface area contributed by atoms with Crippen molar-refractivity contribution in [1.82, 2.24) is 4.98 Å². The Hall–Kier alpha value is -2.24. The van der Waals surface area contributed by atoms with Gasteiger partial charge in [-0.1, -0.05) is 35.9 Å². The second kappa shape index (κ2) is 6.48. The maximum absolute atomic E-state index is 13.9. The van der Waals surface area contributed by atoms with Gasteiger partial charge in [-0.2, -0.15) is 0 Å². The molecule has 3 aromatic rings. The SMILES string of the molecule is Cc1nc(-c2ccccc2NC(=O)c2c(F)cccc2Cl)cs1. The first kappa shape index (κ1) is 15.6. The third-order valence-corrected chi connectivity index (χ3v) is 4.35. The predicted octanol–water partition coefficient (Wildman–Crippen LogP) is 5.16. The number of benzene rings is 2. The number of carbonyl (C=O) groups excluding carboxylic acids is 1. The molecule has 0 atom stereocenters. The van der Waals surface area contributed by atoms with Crippen LogP contribution in [0.25, 0.3) is 11.3 Å². The van der Waals surface area contributed by atoms with Crippen LogP contribution in [0.5, 0.6) is 0 Å². The van der Waals surface area contributed by atoms with Gasteiger partial charge in [0.2, 0.25) is 0 Å². The molecule has 0 radical (unpaired) electrons. The average Bonchev–Trinajstić information content (AvgIpc) is 2.94. The quantitative estimate of drug-likeness (QED) is 0.711. The number of amides is 1. The lowest BCUT2D eigenvalue weighted by Crippen LogP contribution is -2.15. The van der Waals surface area contributed by atoms with E-state index in [1.807, 2.05) is 24.4 Å². The van der Waals surface area contributed by atoms with Gasteiger partial charge in [0, 0.05) is 10.9 Å². The molecule has 116 valence electrons. The lowest BCUT2D eigenvalue weighted by molar-refractivity contribution is 0.102. The Bertz CT molecular complexity index is 858. The van der Waals surface area contributed by atoms with Gasteiger partial charge in [-0.15, -0.1) is 11.3 Å². The Morgan fingerprint density at radius 3 is 2.70 bits per heavy atom. The van der Waals surface area contributed by atoms with Crippen LogP contribution in [0.4, 0.5) is 10.1 Å². The molecule has 0 fully saturated rings. The lowest BCUT2D eigenvalue weighted by Gasteiger charge is -2.11. The van der Waals surface area contributed by atoms with Crippen LogP contribution >= 0.6 is 22.9 Å². The van der Waals surface area contributed by atoms with Crippen LogP contribution in [0, 0.1) is 12.7 Å². The molecule has 0 aliphatic carbocycles. The van der Waals surface area contributed by atoms with Crippen molar-refractivity contribution < 1.29 is 9.18 Å². The minimum Gasteiger partial charge on any atom is -0.321 e. The van der Waals surface area contributed by atoms with Crippen molar-refractivity contribution in [1.29, 1.82) is 0 Å². The van der Waals surface area contributed by atoms with Gasteiger partial charge >= 0.3 is 0 Å². The molecular formula is C17H12ClFN2OS. The van der Waals surface area contributed by atoms with E-state index in [9.17, 15) is 9.18 Å². The molecule has 3 rings (SSSR count). The van der Waals surface area contributed by atoms with E-state index >= 15 is 0 Å². The first-order chi connectivity index (χ1) is 11.1. The molecular weight excluding hydrogens is 335 g/mol. The summed E-state index contributed by atoms with van der Waals surface area (Å²) in [6.45, 7) is 1.91. The highest BCUT2D eigenvalue weighted by Crippen LogP contribution is 2.30. The van der Waals surface area contributed by atoms with Crippen molar-refractivity contribution in [3.05, 3.63) is 69.3 Å². The largest absolute Gasteiger partial charge is 0.321 e. The number of rotatable bonds is 3. The van der Waals surface area contributed by atoms with E-state index in [1.165, 1.54) is 29.5 Å². The fraction of sp³-hybridized carbons (Fsp3) is 0.0588. The summed E-state index contributed by atoms with van der Waals surface area (Å²) in [5.41, 5.74) is 1.93. The number of aryl methyl sites for hydroxylation is 1. The van der Waals surface area contributed by atoms with Crippen LogP contribution in [0.15, 0.2) is 47.8 Å². The highest BCUT2D eigenvalue weighted by atomic mass is 35.5. The van der Waals surface area contributed by atoms with Gasteiger partial charge in [0.1, 0.15) is 5.82 Å². The topological polar surface area (TPSA) is 42.0 Å². The Kier molecular flexibility index (Phi) is 4.41. The van der Waals surface area contributed by atoms with E-state index in [0.29, 0.717) is 5.69 Å². The van der Waals surface area contributed by atoms with Gasteiger partial charge in [-0.3, -0.25) is 4.79 Å². The summed E-state index contributed by atoms with van der Waals surface area (Å²) in [5, 5.41) is 5.63. The molecule has 0 aliphatic heterocycles. The number of nitrogens with one attached hydrogen (secondary N) is 1. The summed E-state index contributed by atoms with van der Waals surface area (Å²) in [5.74, 6) is -1.25. The first-order valence-corrected chi connectivity index (χ1v) is 8.09. The Morgan fingerprint density at radius 1 is 1.22 bits per heavy atom. The number of thiazole rings is 1. The maximum Gasteiger partial charge on any atom is 0.260 e. The second-order valence-corrected chi connectivity index (χ2v) is 6.32. The number of para-hydroxylation sites is 1. The summed E-state index contributed by atoms with van der Waals surface area (Å²) in [6, 6.07) is 11.4. The lowest BCUT2D eigenvalue weighted by atomic mass is 10.1. The molecule has 0 spiro atoms. The third kappa shape index (κ3) is 3.25. The fourth-order valence-electron chi connectivity index (χ4n) is 2.20. The van der Waals surface area contributed by atoms with E-state index in [1.54, 1.807) is 12.1 Å². The summed E-state index contributed by atoms with van der Waals surface area (Å²) >= 11 is 7.46. The van der Waals surface area contributed by atoms with E-state index < -0.39 is 11.7 Å². The minimum atomic E-state index is -0.656. The van der Waals surface area contributed by atoms with Crippen LogP contribution in [0.2, 0.25) is 5.02 Å². The zero-order chi connectivity index (χ0) is 16.4. The van der Waals surface area contributed by atoms with Gasteiger partial charge in [-0.25, -0.2) is 9.37 Å². The van der Waals surface area contributed by atoms with Crippen LogP contribution in [-0.2, 0) is 0 Å². The minimum absolute atomic E-state index is 0.0736. The smallest absolute Gasteiger partial charge is 0.260 e. The number of aromatic nitrogens is 1. The van der Waals surface area contributed by atoms with Crippen molar-refractivity contribution >= 4 is 34.5 Å². The van der Waals surface area contributed by atoms with Crippen molar-refractivity contribution in [2.45, 2.75) is 6.92 Å². The van der Waals surface area contributed by atoms with Crippen LogP contribution < -0.4 is 5.32 Å². The van der Waals surface area contributed by atoms with Gasteiger partial charge < -0.3 is 5.32 Å². The molecule has 2 aromatic carbocycles. The maximum atomic E-state index is 13.9. The van der Waals surface area contributed by atoms with Gasteiger partial charge in [0.15, 0.2) is 0 Å². The summed E-state index contributed by atoms with van der Waals surface area (Å²) < 4.78 is 13.9. The molecule has 0 saturated heterocycles. The Morgan fingerprint density at radius 2 is 2.00 bits per heavy atom. The highest BCUT2D eigenvalue weighted by Gasteiger charge is 2.17. The van der Waals surface area contributed by atoms with Crippen molar-refractivity contribution in [3.63, 3.8) is 0 Å². The van der Waals surface area contributed by atoms with Crippen LogP contribution in [-0.4, -0.2) is 10.9 Å². The molecule has 0 bridgehead atoms.